The van der Waals surface area contributed by atoms with Crippen molar-refractivity contribution in [2.45, 2.75) is 38.7 Å². The van der Waals surface area contributed by atoms with Gasteiger partial charge in [0.05, 0.1) is 12.7 Å². The molecule has 18 heavy (non-hydrogen) atoms. The lowest BCUT2D eigenvalue weighted by Crippen LogP contribution is -2.39. The van der Waals surface area contributed by atoms with E-state index in [1.165, 1.54) is 12.1 Å². The molecule has 0 aliphatic heterocycles. The fraction of sp³-hybridized carbons (Fsp3) is 0.600. The molecule has 2 rings (SSSR count). The first-order valence-electron chi connectivity index (χ1n) is 6.53. The Morgan fingerprint density at radius 3 is 2.72 bits per heavy atom. The molecule has 2 nitrogen and oxygen atoms in total. The number of benzene rings is 1. The lowest BCUT2D eigenvalue weighted by Gasteiger charge is -2.41. The van der Waals surface area contributed by atoms with Crippen LogP contribution in [-0.2, 0) is 5.60 Å². The van der Waals surface area contributed by atoms with Gasteiger partial charge in [-0.3, -0.25) is 0 Å². The summed E-state index contributed by atoms with van der Waals surface area (Å²) < 4.78 is 18.7. The van der Waals surface area contributed by atoms with Crippen LogP contribution in [0.2, 0.25) is 0 Å². The van der Waals surface area contributed by atoms with Gasteiger partial charge in [-0.25, -0.2) is 4.39 Å². The van der Waals surface area contributed by atoms with E-state index in [1.54, 1.807) is 13.2 Å². The Labute approximate surface area is 108 Å². The van der Waals surface area contributed by atoms with Gasteiger partial charge >= 0.3 is 0 Å². The molecule has 0 amide bonds. The van der Waals surface area contributed by atoms with Crippen LogP contribution in [0.15, 0.2) is 18.2 Å². The van der Waals surface area contributed by atoms with Crippen molar-refractivity contribution in [2.24, 2.45) is 11.8 Å². The quantitative estimate of drug-likeness (QED) is 0.873. The predicted molar refractivity (Wildman–Crippen MR) is 69.0 cm³/mol. The summed E-state index contributed by atoms with van der Waals surface area (Å²) in [6.45, 7) is 4.22. The molecule has 1 saturated carbocycles. The third kappa shape index (κ3) is 2.24. The maximum absolute atomic E-state index is 13.4. The molecule has 1 aliphatic carbocycles. The number of methoxy groups -OCH3 is 1. The van der Waals surface area contributed by atoms with Gasteiger partial charge in [-0.2, -0.15) is 0 Å². The molecule has 1 aliphatic rings. The van der Waals surface area contributed by atoms with E-state index < -0.39 is 5.60 Å². The average molecular weight is 252 g/mol. The van der Waals surface area contributed by atoms with E-state index in [0.29, 0.717) is 23.7 Å². The smallest absolute Gasteiger partial charge is 0.125 e. The molecule has 1 N–H and O–H groups in total. The van der Waals surface area contributed by atoms with E-state index in [2.05, 4.69) is 6.92 Å². The zero-order valence-corrected chi connectivity index (χ0v) is 11.2. The highest BCUT2D eigenvalue weighted by atomic mass is 19.1. The van der Waals surface area contributed by atoms with Crippen molar-refractivity contribution in [3.63, 3.8) is 0 Å². The number of hydrogen-bond acceptors (Lipinski definition) is 2. The van der Waals surface area contributed by atoms with Gasteiger partial charge in [-0.1, -0.05) is 13.8 Å². The van der Waals surface area contributed by atoms with Crippen molar-refractivity contribution in [1.29, 1.82) is 0 Å². The molecule has 0 saturated heterocycles. The van der Waals surface area contributed by atoms with Crippen LogP contribution >= 0.6 is 0 Å². The van der Waals surface area contributed by atoms with E-state index >= 15 is 0 Å². The Hall–Kier alpha value is -1.09. The molecular weight excluding hydrogens is 231 g/mol. The molecule has 3 heteroatoms. The summed E-state index contributed by atoms with van der Waals surface area (Å²) in [6.07, 6.45) is 2.58. The summed E-state index contributed by atoms with van der Waals surface area (Å²) >= 11 is 0. The monoisotopic (exact) mass is 252 g/mol. The lowest BCUT2D eigenvalue weighted by atomic mass is 9.69. The number of rotatable bonds is 2. The van der Waals surface area contributed by atoms with Gasteiger partial charge in [0.2, 0.25) is 0 Å². The van der Waals surface area contributed by atoms with E-state index in [1.807, 2.05) is 6.92 Å². The Balaban J connectivity index is 2.43. The molecule has 0 aromatic heterocycles. The second-order valence-electron chi connectivity index (χ2n) is 5.55. The molecule has 0 radical (unpaired) electrons. The standard InChI is InChI=1S/C15H21FO2/c1-10-6-7-15(17,11(2)8-10)13-9-12(16)4-5-14(13)18-3/h4-5,9-11,17H,6-8H2,1-3H3. The third-order valence-corrected chi connectivity index (χ3v) is 4.22. The molecule has 1 aromatic carbocycles. The topological polar surface area (TPSA) is 29.5 Å². The number of hydrogen-bond donors (Lipinski definition) is 1. The van der Waals surface area contributed by atoms with E-state index in [9.17, 15) is 9.50 Å². The minimum atomic E-state index is -0.972. The van der Waals surface area contributed by atoms with Crippen molar-refractivity contribution in [3.8, 4) is 5.75 Å². The molecule has 100 valence electrons. The van der Waals surface area contributed by atoms with Crippen molar-refractivity contribution in [3.05, 3.63) is 29.6 Å². The summed E-state index contributed by atoms with van der Waals surface area (Å²) in [4.78, 5) is 0. The average Bonchev–Trinajstić information content (AvgIpc) is 2.34. The largest absolute Gasteiger partial charge is 0.496 e. The van der Waals surface area contributed by atoms with Gasteiger partial charge in [0.25, 0.3) is 0 Å². The third-order valence-electron chi connectivity index (χ3n) is 4.22. The summed E-state index contributed by atoms with van der Waals surface area (Å²) in [6, 6.07) is 4.36. The number of ether oxygens (including phenoxy) is 1. The van der Waals surface area contributed by atoms with Crippen LogP contribution in [0.5, 0.6) is 5.75 Å². The van der Waals surface area contributed by atoms with Crippen molar-refractivity contribution >= 4 is 0 Å². The predicted octanol–water partition coefficient (Wildman–Crippen LogP) is 3.48. The Morgan fingerprint density at radius 1 is 1.39 bits per heavy atom. The summed E-state index contributed by atoms with van der Waals surface area (Å²) in [5.74, 6) is 0.960. The van der Waals surface area contributed by atoms with Gasteiger partial charge in [-0.05, 0) is 49.3 Å². The van der Waals surface area contributed by atoms with E-state index in [0.717, 1.165) is 12.8 Å². The maximum atomic E-state index is 13.4. The van der Waals surface area contributed by atoms with E-state index in [4.69, 9.17) is 4.74 Å². The van der Waals surface area contributed by atoms with Crippen LogP contribution in [-0.4, -0.2) is 12.2 Å². The second-order valence-corrected chi connectivity index (χ2v) is 5.55. The van der Waals surface area contributed by atoms with Crippen LogP contribution in [0.3, 0.4) is 0 Å². The molecule has 0 spiro atoms. The first kappa shape index (κ1) is 13.3. The van der Waals surface area contributed by atoms with Crippen LogP contribution in [0.1, 0.15) is 38.7 Å². The highest BCUT2D eigenvalue weighted by Gasteiger charge is 2.41. The molecule has 0 heterocycles. The zero-order valence-electron chi connectivity index (χ0n) is 11.2. The number of aliphatic hydroxyl groups is 1. The van der Waals surface area contributed by atoms with Gasteiger partial charge in [0, 0.05) is 5.56 Å². The Morgan fingerprint density at radius 2 is 2.11 bits per heavy atom. The molecule has 3 atom stereocenters. The highest BCUT2D eigenvalue weighted by Crippen LogP contribution is 2.46. The Bertz CT molecular complexity index is 433. The Kier molecular flexibility index (Phi) is 3.62. The van der Waals surface area contributed by atoms with Crippen molar-refractivity contribution in [1.82, 2.24) is 0 Å². The number of halogens is 1. The minimum absolute atomic E-state index is 0.108. The summed E-state index contributed by atoms with van der Waals surface area (Å²) in [5, 5.41) is 10.9. The van der Waals surface area contributed by atoms with Gasteiger partial charge in [-0.15, -0.1) is 0 Å². The highest BCUT2D eigenvalue weighted by molar-refractivity contribution is 5.39. The molecular formula is C15H21FO2. The molecule has 1 fully saturated rings. The van der Waals surface area contributed by atoms with Crippen LogP contribution in [0.25, 0.3) is 0 Å². The lowest BCUT2D eigenvalue weighted by molar-refractivity contribution is -0.0604. The zero-order chi connectivity index (χ0) is 13.3. The normalized spacial score (nSPS) is 32.3. The molecule has 3 unspecified atom stereocenters. The second kappa shape index (κ2) is 4.88. The van der Waals surface area contributed by atoms with Crippen molar-refractivity contribution in [2.75, 3.05) is 7.11 Å². The first-order chi connectivity index (χ1) is 8.47. The van der Waals surface area contributed by atoms with E-state index in [-0.39, 0.29) is 11.7 Å². The summed E-state index contributed by atoms with van der Waals surface area (Å²) in [7, 11) is 1.55. The molecule has 1 aromatic rings. The van der Waals surface area contributed by atoms with Crippen LogP contribution in [0.4, 0.5) is 4.39 Å². The first-order valence-corrected chi connectivity index (χ1v) is 6.53. The fourth-order valence-corrected chi connectivity index (χ4v) is 3.05. The van der Waals surface area contributed by atoms with Crippen molar-refractivity contribution < 1.29 is 14.2 Å². The van der Waals surface area contributed by atoms with Gasteiger partial charge < -0.3 is 9.84 Å². The minimum Gasteiger partial charge on any atom is -0.496 e. The van der Waals surface area contributed by atoms with Crippen LogP contribution < -0.4 is 4.74 Å². The van der Waals surface area contributed by atoms with Gasteiger partial charge in [0.1, 0.15) is 11.6 Å². The maximum Gasteiger partial charge on any atom is 0.125 e. The van der Waals surface area contributed by atoms with Crippen LogP contribution in [0, 0.1) is 17.7 Å². The summed E-state index contributed by atoms with van der Waals surface area (Å²) in [5.41, 5.74) is -0.385. The molecule has 0 bridgehead atoms. The fourth-order valence-electron chi connectivity index (χ4n) is 3.05. The van der Waals surface area contributed by atoms with Gasteiger partial charge in [0.15, 0.2) is 0 Å². The SMILES string of the molecule is COc1ccc(F)cc1C1(O)CCC(C)CC1C.